The predicted molar refractivity (Wildman–Crippen MR) is 414 cm³/mol. The zero-order chi connectivity index (χ0) is 97.5. The molecule has 134 heavy (non-hydrogen) atoms. The maximum Gasteiger partial charge on any atom is 0.342 e. The number of phenols is 29. The van der Waals surface area contributed by atoms with E-state index in [-0.39, 0.29) is 30.3 Å². The summed E-state index contributed by atoms with van der Waals surface area (Å²) in [5, 5.41) is 320. The number of hydrogen-bond donors (Lipinski definition) is 29. The molecule has 2 fully saturated rings. The van der Waals surface area contributed by atoms with Crippen molar-refractivity contribution in [1.82, 2.24) is 0 Å². The molecule has 52 heteroatoms. The van der Waals surface area contributed by atoms with E-state index in [2.05, 4.69) is 0 Å². The first kappa shape index (κ1) is 89.6. The van der Waals surface area contributed by atoms with Gasteiger partial charge in [-0.3, -0.25) is 0 Å². The molecule has 0 aromatic heterocycles. The number of hydrogen-bond acceptors (Lipinski definition) is 52. The lowest BCUT2D eigenvalue weighted by Crippen LogP contribution is -2.63. The van der Waals surface area contributed by atoms with Crippen molar-refractivity contribution in [2.45, 2.75) is 61.4 Å². The van der Waals surface area contributed by atoms with Crippen LogP contribution in [0.15, 0.2) is 78.9 Å². The average Bonchev–Trinajstić information content (AvgIpc) is 0.841. The molecule has 52 nitrogen and oxygen atoms in total. The van der Waals surface area contributed by atoms with Gasteiger partial charge in [-0.2, -0.15) is 0 Å². The summed E-state index contributed by atoms with van der Waals surface area (Å²) in [6.07, 6.45) is -28.8. The van der Waals surface area contributed by atoms with Crippen LogP contribution in [0.5, 0.6) is 178 Å². The summed E-state index contributed by atoms with van der Waals surface area (Å²) >= 11 is 0. The summed E-state index contributed by atoms with van der Waals surface area (Å²) in [5.74, 6) is -68.4. The van der Waals surface area contributed by atoms with Crippen molar-refractivity contribution in [1.29, 1.82) is 0 Å². The topological polar surface area (TPSA) is 877 Å². The van der Waals surface area contributed by atoms with Gasteiger partial charge in [0, 0.05) is 45.5 Å². The monoisotopic (exact) mass is 1870 g/mol. The van der Waals surface area contributed by atoms with Crippen LogP contribution in [-0.4, -0.2) is 282 Å². The quantitative estimate of drug-likeness (QED) is 0.0527. The minimum atomic E-state index is -3.16. The molecule has 0 saturated carbocycles. The summed E-state index contributed by atoms with van der Waals surface area (Å²) in [4.78, 5) is 150. The van der Waals surface area contributed by atoms with Crippen LogP contribution in [0.4, 0.5) is 0 Å². The van der Waals surface area contributed by atoms with Gasteiger partial charge in [0.05, 0.1) is 50.1 Å². The summed E-state index contributed by atoms with van der Waals surface area (Å²) in [7, 11) is 0. The van der Waals surface area contributed by atoms with Gasteiger partial charge in [-0.1, -0.05) is 0 Å². The third-order valence-corrected chi connectivity index (χ3v) is 21.0. The molecule has 696 valence electrons. The fourth-order valence-electron chi connectivity index (χ4n) is 14.5. The highest BCUT2D eigenvalue weighted by atomic mass is 16.8. The largest absolute Gasteiger partial charge is 0.504 e. The maximum absolute atomic E-state index is 15.8. The third-order valence-electron chi connectivity index (χ3n) is 21.0. The zero-order valence-corrected chi connectivity index (χ0v) is 65.6. The number of cyclic esters (lactones) is 2. The smallest absolute Gasteiger partial charge is 0.342 e. The van der Waals surface area contributed by atoms with Crippen molar-refractivity contribution in [3.63, 3.8) is 0 Å². The van der Waals surface area contributed by atoms with Gasteiger partial charge in [-0.05, 0) is 66.7 Å². The minimum Gasteiger partial charge on any atom is -0.504 e. The number of carbonyl (C=O) groups excluding carboxylic acids is 10. The molecule has 0 bridgehead atoms. The number of aromatic hydroxyl groups is 29. The van der Waals surface area contributed by atoms with Crippen LogP contribution in [0.2, 0.25) is 0 Å². The van der Waals surface area contributed by atoms with Gasteiger partial charge in [0.1, 0.15) is 31.0 Å². The SMILES string of the molecule is O=C(OC1OC2COC(=O)c3cc(O)c(O)c(O)c3-c3c(cc(O)c(O)c3O)C(=O)OC2C(OC(=O)c2cc(O)c(O)c(O)c2)C1OC(=O)c1cc(O)c(O)c(O)c1Oc1cc2c(c(O)c1O)-c1c(cc(O)c(O)c1O)C(=O)OC1OC3COC(=O)c4cc(O)c(O)c(O)c4-c4c(cc(O)c(O)c4O)C(=O)OC3C(OC(=O)c3cc(O)c(O)c(O)c3)C1OC2=O)c1cc(O)c(O)c(O)c1. The van der Waals surface area contributed by atoms with E-state index < -0.39 is 402 Å². The van der Waals surface area contributed by atoms with Gasteiger partial charge in [0.25, 0.3) is 0 Å². The second-order valence-corrected chi connectivity index (χ2v) is 29.0. The van der Waals surface area contributed by atoms with E-state index >= 15 is 24.0 Å². The van der Waals surface area contributed by atoms with E-state index in [4.69, 9.17) is 61.6 Å². The Kier molecular flexibility index (Phi) is 22.0. The van der Waals surface area contributed by atoms with Crippen molar-refractivity contribution in [3.05, 3.63) is 134 Å². The molecular weight excluding hydrogens is 1820 g/mol. The summed E-state index contributed by atoms with van der Waals surface area (Å²) in [6, 6.07) is 3.70. The number of carbonyl (C=O) groups is 10. The molecular formula is C82H56O52. The fourth-order valence-corrected chi connectivity index (χ4v) is 14.5. The van der Waals surface area contributed by atoms with Crippen LogP contribution in [0.3, 0.4) is 0 Å². The lowest BCUT2D eigenvalue weighted by Gasteiger charge is -2.44. The molecule has 10 unspecified atom stereocenters. The Bertz CT molecular complexity index is 6800. The first-order valence-electron chi connectivity index (χ1n) is 37.1. The predicted octanol–water partition coefficient (Wildman–Crippen LogP) is 3.71. The lowest BCUT2D eigenvalue weighted by atomic mass is 9.91. The number of rotatable bonds is 10. The average molecular weight is 1870 g/mol. The number of fused-ring (bicyclic) bond motifs is 12. The Morgan fingerprint density at radius 3 is 0.903 bits per heavy atom. The van der Waals surface area contributed by atoms with Crippen LogP contribution in [0.25, 0.3) is 33.4 Å². The second-order valence-electron chi connectivity index (χ2n) is 29.0. The lowest BCUT2D eigenvalue weighted by molar-refractivity contribution is -0.283. The number of ether oxygens (including phenoxy) is 13. The van der Waals surface area contributed by atoms with Crippen molar-refractivity contribution in [3.8, 4) is 212 Å². The number of phenolic OH excluding ortho intramolecular Hbond substituents is 29. The fraction of sp³-hybridized carbons (Fsp3) is 0.146. The molecule has 2 saturated heterocycles. The van der Waals surface area contributed by atoms with Gasteiger partial charge in [-0.15, -0.1) is 0 Å². The summed E-state index contributed by atoms with van der Waals surface area (Å²) in [5.41, 5.74) is -21.0. The van der Waals surface area contributed by atoms with Gasteiger partial charge in [0.15, 0.2) is 157 Å². The highest BCUT2D eigenvalue weighted by molar-refractivity contribution is 6.12. The molecule has 10 aromatic carbocycles. The van der Waals surface area contributed by atoms with Gasteiger partial charge < -0.3 is 210 Å². The van der Waals surface area contributed by atoms with E-state index in [9.17, 15) is 172 Å². The molecule has 15 rings (SSSR count). The first-order valence-corrected chi connectivity index (χ1v) is 37.1. The molecule has 0 amide bonds. The summed E-state index contributed by atoms with van der Waals surface area (Å²) in [6.45, 7) is -3.09. The number of esters is 10. The Balaban J connectivity index is 0.890. The maximum atomic E-state index is 15.8. The van der Waals surface area contributed by atoms with E-state index in [0.717, 1.165) is 0 Å². The van der Waals surface area contributed by atoms with Crippen LogP contribution in [0.1, 0.15) is 104 Å². The molecule has 5 heterocycles. The highest BCUT2D eigenvalue weighted by Gasteiger charge is 2.59. The van der Waals surface area contributed by atoms with Crippen molar-refractivity contribution in [2.75, 3.05) is 13.2 Å². The van der Waals surface area contributed by atoms with Crippen LogP contribution >= 0.6 is 0 Å². The molecule has 5 aliphatic rings. The first-order chi connectivity index (χ1) is 63.1. The zero-order valence-electron chi connectivity index (χ0n) is 65.6. The van der Waals surface area contributed by atoms with E-state index in [0.29, 0.717) is 48.5 Å². The molecule has 0 radical (unpaired) electrons. The highest BCUT2D eigenvalue weighted by Crippen LogP contribution is 2.60. The molecule has 0 spiro atoms. The van der Waals surface area contributed by atoms with Crippen LogP contribution < -0.4 is 4.74 Å². The van der Waals surface area contributed by atoms with Crippen molar-refractivity contribution < 1.29 is 258 Å². The Labute approximate surface area is 735 Å². The van der Waals surface area contributed by atoms with Crippen LogP contribution in [-0.2, 0) is 56.8 Å². The standard InChI is InChI=1S/C82H56O52/c83-26-1-16(2-27(84)47(26)95)71(112)129-67-65-39(14-122-74(115)19-7-32(89)50(98)57(105)41(19)43-21(76(117)127-65)9-34(91)52(100)59(43)107)125-81(133-73(114)18-5-30(87)49(97)31(88)6-18)69(67)132-80(121)25-12-37(94)55(103)63(111)64(25)124-38-13-24-46(62(110)56(38)104)45-23(11-36(93)54(102)61(45)109)79(120)134-82-70(131-78(24)119)68(130-72(113)17-3-28(85)48(96)29(86)4-17)66-40(126-82)15-123-75(116)20-8-33(90)51(99)58(106)42(20)44-22(77(118)128-66)10-35(92)53(101)60(44)108/h1-13,39-40,65-70,81-111H,14-15H2. The Morgan fingerprint density at radius 2 is 0.530 bits per heavy atom. The Morgan fingerprint density at radius 1 is 0.254 bits per heavy atom. The number of benzene rings is 10. The van der Waals surface area contributed by atoms with E-state index in [1.807, 2.05) is 0 Å². The van der Waals surface area contributed by atoms with Crippen molar-refractivity contribution >= 4 is 59.7 Å². The molecule has 10 atom stereocenters. The molecule has 5 aliphatic heterocycles. The van der Waals surface area contributed by atoms with E-state index in [1.54, 1.807) is 0 Å². The summed E-state index contributed by atoms with van der Waals surface area (Å²) < 4.78 is 74.7. The van der Waals surface area contributed by atoms with Crippen LogP contribution in [0, 0.1) is 0 Å². The molecule has 29 N–H and O–H groups in total. The van der Waals surface area contributed by atoms with Crippen molar-refractivity contribution in [2.24, 2.45) is 0 Å². The minimum absolute atomic E-state index is 0.0348. The van der Waals surface area contributed by atoms with Gasteiger partial charge >= 0.3 is 59.7 Å². The van der Waals surface area contributed by atoms with E-state index in [1.165, 1.54) is 0 Å². The molecule has 10 aromatic rings. The normalized spacial score (nSPS) is 19.6. The molecule has 0 aliphatic carbocycles. The van der Waals surface area contributed by atoms with Gasteiger partial charge in [-0.25, -0.2) is 47.9 Å². The third kappa shape index (κ3) is 15.0. The Hall–Kier alpha value is -19.2. The van der Waals surface area contributed by atoms with Gasteiger partial charge in [0.2, 0.25) is 70.8 Å². The second kappa shape index (κ2) is 32.9.